The van der Waals surface area contributed by atoms with Crippen molar-refractivity contribution in [1.29, 1.82) is 0 Å². The summed E-state index contributed by atoms with van der Waals surface area (Å²) < 4.78 is 0. The monoisotopic (exact) mass is 353 g/mol. The van der Waals surface area contributed by atoms with Crippen molar-refractivity contribution >= 4 is 28.9 Å². The average molecular weight is 353 g/mol. The molecule has 1 aliphatic rings. The van der Waals surface area contributed by atoms with Gasteiger partial charge in [-0.3, -0.25) is 19.7 Å². The van der Waals surface area contributed by atoms with Crippen LogP contribution in [0, 0.1) is 29.9 Å². The van der Waals surface area contributed by atoms with Gasteiger partial charge >= 0.3 is 0 Å². The van der Waals surface area contributed by atoms with Gasteiger partial charge in [0.05, 0.1) is 10.8 Å². The number of non-ortho nitro benzene ring substituents is 1. The van der Waals surface area contributed by atoms with Crippen LogP contribution in [0.15, 0.2) is 42.5 Å². The Morgan fingerprint density at radius 1 is 1.19 bits per heavy atom. The third kappa shape index (κ3) is 3.56. The van der Waals surface area contributed by atoms with Gasteiger partial charge in [-0.05, 0) is 43.2 Å². The first-order valence-electron chi connectivity index (χ1n) is 8.28. The van der Waals surface area contributed by atoms with Crippen LogP contribution in [-0.2, 0) is 9.59 Å². The van der Waals surface area contributed by atoms with Crippen LogP contribution < -0.4 is 10.2 Å². The molecule has 0 aliphatic carbocycles. The first-order chi connectivity index (χ1) is 12.3. The van der Waals surface area contributed by atoms with Crippen LogP contribution in [-0.4, -0.2) is 23.3 Å². The number of aryl methyl sites for hydroxylation is 2. The Morgan fingerprint density at radius 2 is 1.96 bits per heavy atom. The lowest BCUT2D eigenvalue weighted by Crippen LogP contribution is -2.28. The molecule has 7 heteroatoms. The third-order valence-electron chi connectivity index (χ3n) is 4.62. The number of nitrogens with one attached hydrogen (secondary N) is 1. The van der Waals surface area contributed by atoms with Crippen molar-refractivity contribution in [3.05, 3.63) is 63.7 Å². The van der Waals surface area contributed by atoms with Crippen molar-refractivity contribution in [2.45, 2.75) is 20.3 Å². The fraction of sp³-hybridized carbons (Fsp3) is 0.263. The highest BCUT2D eigenvalue weighted by atomic mass is 16.6. The van der Waals surface area contributed by atoms with Gasteiger partial charge in [0.25, 0.3) is 5.69 Å². The molecule has 0 spiro atoms. The van der Waals surface area contributed by atoms with Gasteiger partial charge in [0, 0.05) is 36.5 Å². The van der Waals surface area contributed by atoms with E-state index >= 15 is 0 Å². The summed E-state index contributed by atoms with van der Waals surface area (Å²) in [7, 11) is 0. The van der Waals surface area contributed by atoms with E-state index in [2.05, 4.69) is 5.32 Å². The molecule has 134 valence electrons. The van der Waals surface area contributed by atoms with E-state index in [1.165, 1.54) is 18.2 Å². The zero-order chi connectivity index (χ0) is 18.8. The largest absolute Gasteiger partial charge is 0.326 e. The van der Waals surface area contributed by atoms with Crippen LogP contribution in [0.3, 0.4) is 0 Å². The molecule has 0 aromatic heterocycles. The van der Waals surface area contributed by atoms with Gasteiger partial charge in [0.1, 0.15) is 0 Å². The van der Waals surface area contributed by atoms with Crippen molar-refractivity contribution in [1.82, 2.24) is 0 Å². The van der Waals surface area contributed by atoms with Crippen molar-refractivity contribution in [3.63, 3.8) is 0 Å². The molecule has 1 fully saturated rings. The Hall–Kier alpha value is -3.22. The maximum absolute atomic E-state index is 12.5. The minimum absolute atomic E-state index is 0.0953. The van der Waals surface area contributed by atoms with E-state index in [0.717, 1.165) is 16.8 Å². The second-order valence-electron chi connectivity index (χ2n) is 6.47. The second kappa shape index (κ2) is 6.95. The molecule has 1 heterocycles. The molecule has 2 aromatic carbocycles. The molecule has 0 saturated carbocycles. The normalized spacial score (nSPS) is 16.6. The average Bonchev–Trinajstić information content (AvgIpc) is 2.99. The lowest BCUT2D eigenvalue weighted by Gasteiger charge is -2.18. The molecule has 1 atom stereocenters. The van der Waals surface area contributed by atoms with Crippen molar-refractivity contribution in [3.8, 4) is 0 Å². The van der Waals surface area contributed by atoms with E-state index in [4.69, 9.17) is 0 Å². The summed E-state index contributed by atoms with van der Waals surface area (Å²) in [6, 6.07) is 11.5. The summed E-state index contributed by atoms with van der Waals surface area (Å²) in [6.45, 7) is 4.27. The summed E-state index contributed by atoms with van der Waals surface area (Å²) in [5.74, 6) is -0.916. The van der Waals surface area contributed by atoms with Gasteiger partial charge in [0.2, 0.25) is 11.8 Å². The molecule has 3 rings (SSSR count). The van der Waals surface area contributed by atoms with Crippen LogP contribution >= 0.6 is 0 Å². The van der Waals surface area contributed by atoms with E-state index in [1.807, 2.05) is 32.0 Å². The van der Waals surface area contributed by atoms with E-state index in [0.29, 0.717) is 12.2 Å². The summed E-state index contributed by atoms with van der Waals surface area (Å²) in [4.78, 5) is 36.7. The van der Waals surface area contributed by atoms with E-state index < -0.39 is 10.8 Å². The van der Waals surface area contributed by atoms with Crippen LogP contribution in [0.1, 0.15) is 17.5 Å². The Kier molecular flexibility index (Phi) is 4.71. The highest BCUT2D eigenvalue weighted by Crippen LogP contribution is 2.28. The molecule has 1 N–H and O–H groups in total. The van der Waals surface area contributed by atoms with E-state index in [9.17, 15) is 19.7 Å². The van der Waals surface area contributed by atoms with Crippen LogP contribution in [0.5, 0.6) is 0 Å². The topological polar surface area (TPSA) is 92.6 Å². The fourth-order valence-electron chi connectivity index (χ4n) is 2.97. The van der Waals surface area contributed by atoms with Crippen molar-refractivity contribution in [2.24, 2.45) is 5.92 Å². The number of carbonyl (C=O) groups excluding carboxylic acids is 2. The standard InChI is InChI=1S/C19H19N3O4/c1-12-6-7-16(8-13(12)2)21-11-14(9-18(21)23)19(24)20-15-4-3-5-17(10-15)22(25)26/h3-8,10,14H,9,11H2,1-2H3,(H,20,24). The fourth-order valence-corrected chi connectivity index (χ4v) is 2.97. The van der Waals surface area contributed by atoms with Crippen LogP contribution in [0.25, 0.3) is 0 Å². The molecule has 1 unspecified atom stereocenters. The number of nitrogens with zero attached hydrogens (tertiary/aromatic N) is 2. The maximum Gasteiger partial charge on any atom is 0.271 e. The maximum atomic E-state index is 12.5. The highest BCUT2D eigenvalue weighted by Gasteiger charge is 2.35. The van der Waals surface area contributed by atoms with Gasteiger partial charge in [-0.1, -0.05) is 12.1 Å². The van der Waals surface area contributed by atoms with Gasteiger partial charge in [0.15, 0.2) is 0 Å². The summed E-state index contributed by atoms with van der Waals surface area (Å²) in [6.07, 6.45) is 0.119. The van der Waals surface area contributed by atoms with Crippen LogP contribution in [0.4, 0.5) is 17.1 Å². The quantitative estimate of drug-likeness (QED) is 0.675. The Labute approximate surface area is 150 Å². The van der Waals surface area contributed by atoms with Crippen molar-refractivity contribution < 1.29 is 14.5 Å². The number of nitro benzene ring substituents is 1. The number of nitro groups is 1. The molecule has 2 aromatic rings. The molecular formula is C19H19N3O4. The van der Waals surface area contributed by atoms with Gasteiger partial charge in [-0.2, -0.15) is 0 Å². The molecule has 2 amide bonds. The second-order valence-corrected chi connectivity index (χ2v) is 6.47. The molecule has 1 aliphatic heterocycles. The number of rotatable bonds is 4. The number of amides is 2. The Morgan fingerprint density at radius 3 is 2.65 bits per heavy atom. The number of carbonyl (C=O) groups is 2. The summed E-state index contributed by atoms with van der Waals surface area (Å²) in [5, 5.41) is 13.5. The summed E-state index contributed by atoms with van der Waals surface area (Å²) in [5.41, 5.74) is 3.26. The molecule has 7 nitrogen and oxygen atoms in total. The van der Waals surface area contributed by atoms with E-state index in [-0.39, 0.29) is 23.9 Å². The zero-order valence-corrected chi connectivity index (χ0v) is 14.6. The minimum atomic E-state index is -0.518. The number of hydrogen-bond donors (Lipinski definition) is 1. The smallest absolute Gasteiger partial charge is 0.271 e. The highest BCUT2D eigenvalue weighted by molar-refractivity contribution is 6.03. The van der Waals surface area contributed by atoms with Crippen molar-refractivity contribution in [2.75, 3.05) is 16.8 Å². The number of hydrogen-bond acceptors (Lipinski definition) is 4. The third-order valence-corrected chi connectivity index (χ3v) is 4.62. The first kappa shape index (κ1) is 17.6. The Balaban J connectivity index is 1.71. The van der Waals surface area contributed by atoms with E-state index in [1.54, 1.807) is 11.0 Å². The number of benzene rings is 2. The Bertz CT molecular complexity index is 894. The lowest BCUT2D eigenvalue weighted by atomic mass is 10.1. The predicted molar refractivity (Wildman–Crippen MR) is 98.1 cm³/mol. The zero-order valence-electron chi connectivity index (χ0n) is 14.6. The van der Waals surface area contributed by atoms with Gasteiger partial charge < -0.3 is 10.2 Å². The van der Waals surface area contributed by atoms with Gasteiger partial charge in [-0.15, -0.1) is 0 Å². The minimum Gasteiger partial charge on any atom is -0.326 e. The molecule has 0 radical (unpaired) electrons. The van der Waals surface area contributed by atoms with Gasteiger partial charge in [-0.25, -0.2) is 0 Å². The molecule has 0 bridgehead atoms. The number of anilines is 2. The first-order valence-corrected chi connectivity index (χ1v) is 8.28. The predicted octanol–water partition coefficient (Wildman–Crippen LogP) is 3.20. The molecular weight excluding hydrogens is 334 g/mol. The SMILES string of the molecule is Cc1ccc(N2CC(C(=O)Nc3cccc([N+](=O)[O-])c3)CC2=O)cc1C. The lowest BCUT2D eigenvalue weighted by molar-refractivity contribution is -0.384. The molecule has 1 saturated heterocycles. The van der Waals surface area contributed by atoms with Crippen LogP contribution in [0.2, 0.25) is 0 Å². The summed E-state index contributed by atoms with van der Waals surface area (Å²) >= 11 is 0. The molecule has 26 heavy (non-hydrogen) atoms.